The standard InChI is InChI=1S/C17H17IN2O3/c1-2-23-16(21)13-6-8-15(9-7-13)20-17(22)19-11-12-4-3-5-14(18)10-12/h3-10H,2,11H2,1H3,(H2,19,20,22). The normalized spacial score (nSPS) is 10.0. The van der Waals surface area contributed by atoms with Crippen molar-refractivity contribution in [3.8, 4) is 0 Å². The molecule has 2 aromatic rings. The average Bonchev–Trinajstić information content (AvgIpc) is 2.54. The number of amides is 2. The van der Waals surface area contributed by atoms with Crippen LogP contribution in [-0.4, -0.2) is 18.6 Å². The molecule has 2 aromatic carbocycles. The zero-order valence-electron chi connectivity index (χ0n) is 12.6. The van der Waals surface area contributed by atoms with Gasteiger partial charge >= 0.3 is 12.0 Å². The van der Waals surface area contributed by atoms with Gasteiger partial charge in [-0.25, -0.2) is 9.59 Å². The molecule has 0 heterocycles. The van der Waals surface area contributed by atoms with Gasteiger partial charge in [-0.15, -0.1) is 0 Å². The third-order valence-corrected chi connectivity index (χ3v) is 3.67. The van der Waals surface area contributed by atoms with E-state index in [1.165, 1.54) is 0 Å². The Morgan fingerprint density at radius 1 is 1.13 bits per heavy atom. The van der Waals surface area contributed by atoms with Crippen molar-refractivity contribution in [2.45, 2.75) is 13.5 Å². The summed E-state index contributed by atoms with van der Waals surface area (Å²) in [7, 11) is 0. The fraction of sp³-hybridized carbons (Fsp3) is 0.176. The van der Waals surface area contributed by atoms with Crippen LogP contribution in [0.15, 0.2) is 48.5 Å². The molecule has 0 aliphatic carbocycles. The molecule has 0 aliphatic heterocycles. The number of carbonyl (C=O) groups excluding carboxylic acids is 2. The lowest BCUT2D eigenvalue weighted by atomic mass is 10.2. The molecule has 0 radical (unpaired) electrons. The highest BCUT2D eigenvalue weighted by Gasteiger charge is 2.07. The summed E-state index contributed by atoms with van der Waals surface area (Å²) < 4.78 is 6.03. The van der Waals surface area contributed by atoms with Crippen molar-refractivity contribution < 1.29 is 14.3 Å². The first-order valence-electron chi connectivity index (χ1n) is 7.15. The van der Waals surface area contributed by atoms with Crippen molar-refractivity contribution >= 4 is 40.3 Å². The van der Waals surface area contributed by atoms with Gasteiger partial charge in [-0.2, -0.15) is 0 Å². The number of halogens is 1. The highest BCUT2D eigenvalue weighted by molar-refractivity contribution is 14.1. The summed E-state index contributed by atoms with van der Waals surface area (Å²) in [4.78, 5) is 23.4. The molecular formula is C17H17IN2O3. The predicted molar refractivity (Wildman–Crippen MR) is 97.4 cm³/mol. The van der Waals surface area contributed by atoms with Gasteiger partial charge < -0.3 is 15.4 Å². The van der Waals surface area contributed by atoms with Crippen LogP contribution in [-0.2, 0) is 11.3 Å². The van der Waals surface area contributed by atoms with Crippen LogP contribution in [0.1, 0.15) is 22.8 Å². The Kier molecular flexibility index (Phi) is 6.40. The molecule has 0 fully saturated rings. The van der Waals surface area contributed by atoms with E-state index in [1.54, 1.807) is 31.2 Å². The zero-order chi connectivity index (χ0) is 16.7. The topological polar surface area (TPSA) is 67.4 Å². The van der Waals surface area contributed by atoms with Gasteiger partial charge in [0.05, 0.1) is 12.2 Å². The molecule has 5 nitrogen and oxygen atoms in total. The summed E-state index contributed by atoms with van der Waals surface area (Å²) in [6.07, 6.45) is 0. The van der Waals surface area contributed by atoms with Crippen molar-refractivity contribution in [3.63, 3.8) is 0 Å². The zero-order valence-corrected chi connectivity index (χ0v) is 14.8. The molecule has 0 spiro atoms. The summed E-state index contributed by atoms with van der Waals surface area (Å²) in [5.41, 5.74) is 2.10. The Hall–Kier alpha value is -2.09. The summed E-state index contributed by atoms with van der Waals surface area (Å²) in [6.45, 7) is 2.54. The highest BCUT2D eigenvalue weighted by atomic mass is 127. The number of carbonyl (C=O) groups is 2. The van der Waals surface area contributed by atoms with Gasteiger partial charge in [0.25, 0.3) is 0 Å². The van der Waals surface area contributed by atoms with Gasteiger partial charge in [-0.3, -0.25) is 0 Å². The van der Waals surface area contributed by atoms with E-state index in [9.17, 15) is 9.59 Å². The number of hydrogen-bond donors (Lipinski definition) is 2. The molecule has 0 saturated heterocycles. The Balaban J connectivity index is 1.86. The van der Waals surface area contributed by atoms with Crippen LogP contribution in [0.25, 0.3) is 0 Å². The molecule has 2 rings (SSSR count). The molecule has 6 heteroatoms. The summed E-state index contributed by atoms with van der Waals surface area (Å²) >= 11 is 2.23. The number of urea groups is 1. The fourth-order valence-corrected chi connectivity index (χ4v) is 2.52. The Bertz CT molecular complexity index is 686. The summed E-state index contributed by atoms with van der Waals surface area (Å²) in [5.74, 6) is -0.373. The molecule has 0 aliphatic rings. The van der Waals surface area contributed by atoms with Crippen LogP contribution in [0.5, 0.6) is 0 Å². The van der Waals surface area contributed by atoms with Crippen molar-refractivity contribution in [2.24, 2.45) is 0 Å². The molecule has 0 atom stereocenters. The molecule has 0 unspecified atom stereocenters. The molecule has 0 bridgehead atoms. The van der Waals surface area contributed by atoms with Crippen LogP contribution < -0.4 is 10.6 Å². The summed E-state index contributed by atoms with van der Waals surface area (Å²) in [5, 5.41) is 5.51. The largest absolute Gasteiger partial charge is 0.462 e. The first-order chi connectivity index (χ1) is 11.1. The molecule has 2 amide bonds. The van der Waals surface area contributed by atoms with Gasteiger partial charge in [0, 0.05) is 15.8 Å². The van der Waals surface area contributed by atoms with Gasteiger partial charge in [-0.05, 0) is 71.5 Å². The predicted octanol–water partition coefficient (Wildman–Crippen LogP) is 3.79. The van der Waals surface area contributed by atoms with Crippen LogP contribution >= 0.6 is 22.6 Å². The number of hydrogen-bond acceptors (Lipinski definition) is 3. The van der Waals surface area contributed by atoms with Gasteiger partial charge in [-0.1, -0.05) is 12.1 Å². The second kappa shape index (κ2) is 8.52. The number of anilines is 1. The molecular weight excluding hydrogens is 407 g/mol. The van der Waals surface area contributed by atoms with Crippen molar-refractivity contribution in [2.75, 3.05) is 11.9 Å². The van der Waals surface area contributed by atoms with Crippen LogP contribution in [0.2, 0.25) is 0 Å². The first kappa shape index (κ1) is 17.3. The minimum Gasteiger partial charge on any atom is -0.462 e. The number of rotatable bonds is 5. The van der Waals surface area contributed by atoms with E-state index in [1.807, 2.05) is 24.3 Å². The smallest absolute Gasteiger partial charge is 0.338 e. The van der Waals surface area contributed by atoms with Crippen LogP contribution in [0, 0.1) is 3.57 Å². The molecule has 2 N–H and O–H groups in total. The van der Waals surface area contributed by atoms with Gasteiger partial charge in [0.1, 0.15) is 0 Å². The summed E-state index contributed by atoms with van der Waals surface area (Å²) in [6, 6.07) is 14.2. The highest BCUT2D eigenvalue weighted by Crippen LogP contribution is 2.11. The minimum absolute atomic E-state index is 0.298. The van der Waals surface area contributed by atoms with E-state index < -0.39 is 0 Å². The number of nitrogens with one attached hydrogen (secondary N) is 2. The maximum atomic E-state index is 11.9. The van der Waals surface area contributed by atoms with E-state index in [-0.39, 0.29) is 12.0 Å². The lowest BCUT2D eigenvalue weighted by Gasteiger charge is -2.08. The monoisotopic (exact) mass is 424 g/mol. The lowest BCUT2D eigenvalue weighted by molar-refractivity contribution is 0.0526. The SMILES string of the molecule is CCOC(=O)c1ccc(NC(=O)NCc2cccc(I)c2)cc1. The first-order valence-corrected chi connectivity index (χ1v) is 8.23. The van der Waals surface area contributed by atoms with Crippen molar-refractivity contribution in [1.29, 1.82) is 0 Å². The average molecular weight is 424 g/mol. The third-order valence-electron chi connectivity index (χ3n) is 3.00. The molecule has 23 heavy (non-hydrogen) atoms. The van der Waals surface area contributed by atoms with Crippen LogP contribution in [0.4, 0.5) is 10.5 Å². The number of esters is 1. The Morgan fingerprint density at radius 2 is 1.87 bits per heavy atom. The molecule has 0 aromatic heterocycles. The van der Waals surface area contributed by atoms with Crippen LogP contribution in [0.3, 0.4) is 0 Å². The number of ether oxygens (including phenoxy) is 1. The number of benzene rings is 2. The van der Waals surface area contributed by atoms with E-state index >= 15 is 0 Å². The minimum atomic E-state index is -0.373. The fourth-order valence-electron chi connectivity index (χ4n) is 1.91. The maximum absolute atomic E-state index is 11.9. The maximum Gasteiger partial charge on any atom is 0.338 e. The third kappa shape index (κ3) is 5.55. The molecule has 120 valence electrons. The van der Waals surface area contributed by atoms with Crippen molar-refractivity contribution in [3.05, 3.63) is 63.2 Å². The Morgan fingerprint density at radius 3 is 2.52 bits per heavy atom. The van der Waals surface area contributed by atoms with E-state index in [0.29, 0.717) is 24.4 Å². The lowest BCUT2D eigenvalue weighted by Crippen LogP contribution is -2.28. The second-order valence-corrected chi connectivity index (χ2v) is 5.98. The van der Waals surface area contributed by atoms with Gasteiger partial charge in [0.15, 0.2) is 0 Å². The van der Waals surface area contributed by atoms with E-state index in [4.69, 9.17) is 4.74 Å². The quantitative estimate of drug-likeness (QED) is 0.567. The van der Waals surface area contributed by atoms with Gasteiger partial charge in [0.2, 0.25) is 0 Å². The Labute approximate surface area is 148 Å². The van der Waals surface area contributed by atoms with E-state index in [0.717, 1.165) is 9.13 Å². The second-order valence-electron chi connectivity index (χ2n) is 4.74. The molecule has 0 saturated carbocycles. The van der Waals surface area contributed by atoms with Crippen molar-refractivity contribution in [1.82, 2.24) is 5.32 Å². The van der Waals surface area contributed by atoms with E-state index in [2.05, 4.69) is 33.2 Å².